The van der Waals surface area contributed by atoms with E-state index in [1.165, 1.54) is 0 Å². The van der Waals surface area contributed by atoms with Crippen LogP contribution in [0.4, 0.5) is 0 Å². The number of benzene rings is 1. The third-order valence-corrected chi connectivity index (χ3v) is 4.18. The lowest BCUT2D eigenvalue weighted by Crippen LogP contribution is -2.34. The van der Waals surface area contributed by atoms with E-state index in [2.05, 4.69) is 5.32 Å². The van der Waals surface area contributed by atoms with Crippen LogP contribution in [0.3, 0.4) is 0 Å². The highest BCUT2D eigenvalue weighted by molar-refractivity contribution is 7.17. The average Bonchev–Trinajstić information content (AvgIpc) is 2.72. The standard InChI is InChI=1S/C14H16ClNO2S/c1-9(4-5-17)16-14(18)6-10-8-19-13-3-2-11(15)7-12(10)13/h2-3,7-9,17H,4-6H2,1H3,(H,16,18). The number of carbonyl (C=O) groups is 1. The van der Waals surface area contributed by atoms with Crippen molar-refractivity contribution in [1.29, 1.82) is 0 Å². The predicted molar refractivity (Wildman–Crippen MR) is 79.8 cm³/mol. The number of hydrogen-bond donors (Lipinski definition) is 2. The molecule has 0 fully saturated rings. The summed E-state index contributed by atoms with van der Waals surface area (Å²) < 4.78 is 1.13. The number of fused-ring (bicyclic) bond motifs is 1. The largest absolute Gasteiger partial charge is 0.396 e. The minimum atomic E-state index is -0.0272. The summed E-state index contributed by atoms with van der Waals surface area (Å²) in [6.45, 7) is 1.97. The lowest BCUT2D eigenvalue weighted by molar-refractivity contribution is -0.121. The Morgan fingerprint density at radius 3 is 3.05 bits per heavy atom. The van der Waals surface area contributed by atoms with E-state index in [4.69, 9.17) is 16.7 Å². The molecule has 0 aliphatic rings. The molecule has 1 atom stereocenters. The second kappa shape index (κ2) is 6.37. The maximum absolute atomic E-state index is 11.9. The van der Waals surface area contributed by atoms with E-state index in [0.717, 1.165) is 15.6 Å². The quantitative estimate of drug-likeness (QED) is 0.891. The molecular weight excluding hydrogens is 282 g/mol. The maximum atomic E-state index is 11.9. The lowest BCUT2D eigenvalue weighted by atomic mass is 10.1. The van der Waals surface area contributed by atoms with Crippen molar-refractivity contribution in [2.75, 3.05) is 6.61 Å². The van der Waals surface area contributed by atoms with E-state index in [1.807, 2.05) is 30.5 Å². The van der Waals surface area contributed by atoms with Gasteiger partial charge in [-0.3, -0.25) is 4.79 Å². The molecule has 19 heavy (non-hydrogen) atoms. The number of nitrogens with one attached hydrogen (secondary N) is 1. The first-order chi connectivity index (χ1) is 9.10. The molecule has 3 nitrogen and oxygen atoms in total. The zero-order chi connectivity index (χ0) is 13.8. The number of carbonyl (C=O) groups excluding carboxylic acids is 1. The van der Waals surface area contributed by atoms with E-state index in [9.17, 15) is 4.79 Å². The van der Waals surface area contributed by atoms with Crippen molar-refractivity contribution in [3.05, 3.63) is 34.2 Å². The van der Waals surface area contributed by atoms with Crippen molar-refractivity contribution in [1.82, 2.24) is 5.32 Å². The number of thiophene rings is 1. The molecule has 102 valence electrons. The predicted octanol–water partition coefficient (Wildman–Crippen LogP) is 2.98. The summed E-state index contributed by atoms with van der Waals surface area (Å²) in [5.41, 5.74) is 0.996. The van der Waals surface area contributed by atoms with E-state index in [-0.39, 0.29) is 18.6 Å². The minimum Gasteiger partial charge on any atom is -0.396 e. The summed E-state index contributed by atoms with van der Waals surface area (Å²) in [7, 11) is 0. The van der Waals surface area contributed by atoms with Crippen LogP contribution in [0.1, 0.15) is 18.9 Å². The number of halogens is 1. The van der Waals surface area contributed by atoms with Gasteiger partial charge in [0.25, 0.3) is 0 Å². The van der Waals surface area contributed by atoms with Gasteiger partial charge in [-0.05, 0) is 47.9 Å². The summed E-state index contributed by atoms with van der Waals surface area (Å²) >= 11 is 7.60. The molecule has 1 heterocycles. The third kappa shape index (κ3) is 3.69. The molecule has 0 aliphatic heterocycles. The fraction of sp³-hybridized carbons (Fsp3) is 0.357. The van der Waals surface area contributed by atoms with Gasteiger partial charge in [-0.1, -0.05) is 11.6 Å². The second-order valence-corrected chi connectivity index (χ2v) is 5.91. The number of aliphatic hydroxyl groups is 1. The maximum Gasteiger partial charge on any atom is 0.224 e. The van der Waals surface area contributed by atoms with Gasteiger partial charge in [0.2, 0.25) is 5.91 Å². The zero-order valence-electron chi connectivity index (χ0n) is 10.6. The van der Waals surface area contributed by atoms with E-state index >= 15 is 0 Å². The van der Waals surface area contributed by atoms with Gasteiger partial charge < -0.3 is 10.4 Å². The summed E-state index contributed by atoms with van der Waals surface area (Å²) in [6.07, 6.45) is 0.915. The van der Waals surface area contributed by atoms with Gasteiger partial charge in [0.15, 0.2) is 0 Å². The van der Waals surface area contributed by atoms with Gasteiger partial charge in [-0.15, -0.1) is 11.3 Å². The Balaban J connectivity index is 2.08. The van der Waals surface area contributed by atoms with Crippen LogP contribution >= 0.6 is 22.9 Å². The van der Waals surface area contributed by atoms with E-state index < -0.39 is 0 Å². The first kappa shape index (κ1) is 14.3. The van der Waals surface area contributed by atoms with Crippen molar-refractivity contribution < 1.29 is 9.90 Å². The zero-order valence-corrected chi connectivity index (χ0v) is 12.2. The Morgan fingerprint density at radius 1 is 1.53 bits per heavy atom. The Kier molecular flexibility index (Phi) is 4.80. The first-order valence-electron chi connectivity index (χ1n) is 6.16. The number of aliphatic hydroxyl groups excluding tert-OH is 1. The van der Waals surface area contributed by atoms with Crippen LogP contribution in [0.25, 0.3) is 10.1 Å². The van der Waals surface area contributed by atoms with Crippen molar-refractivity contribution in [3.8, 4) is 0 Å². The molecule has 0 spiro atoms. The van der Waals surface area contributed by atoms with Gasteiger partial charge in [0.1, 0.15) is 0 Å². The Bertz CT molecular complexity index is 582. The molecule has 2 aromatic rings. The van der Waals surface area contributed by atoms with Gasteiger partial charge in [0, 0.05) is 22.4 Å². The highest BCUT2D eigenvalue weighted by Crippen LogP contribution is 2.28. The fourth-order valence-electron chi connectivity index (χ4n) is 1.96. The Labute approximate surface area is 121 Å². The summed E-state index contributed by atoms with van der Waals surface area (Å²) in [6, 6.07) is 5.71. The molecule has 0 bridgehead atoms. The normalized spacial score (nSPS) is 12.6. The molecule has 0 radical (unpaired) electrons. The first-order valence-corrected chi connectivity index (χ1v) is 7.41. The van der Waals surface area contributed by atoms with Crippen molar-refractivity contribution in [3.63, 3.8) is 0 Å². The average molecular weight is 298 g/mol. The van der Waals surface area contributed by atoms with Gasteiger partial charge in [-0.2, -0.15) is 0 Å². The van der Waals surface area contributed by atoms with Crippen molar-refractivity contribution >= 4 is 38.9 Å². The molecule has 0 saturated heterocycles. The summed E-state index contributed by atoms with van der Waals surface area (Å²) in [5, 5.41) is 15.4. The Morgan fingerprint density at radius 2 is 2.32 bits per heavy atom. The molecule has 1 aromatic carbocycles. The monoisotopic (exact) mass is 297 g/mol. The van der Waals surface area contributed by atoms with Gasteiger partial charge >= 0.3 is 0 Å². The van der Waals surface area contributed by atoms with Crippen LogP contribution in [-0.2, 0) is 11.2 Å². The van der Waals surface area contributed by atoms with E-state index in [0.29, 0.717) is 17.9 Å². The smallest absolute Gasteiger partial charge is 0.224 e. The molecule has 1 amide bonds. The Hall–Kier alpha value is -1.10. The van der Waals surface area contributed by atoms with Crippen LogP contribution in [0.15, 0.2) is 23.6 Å². The second-order valence-electron chi connectivity index (χ2n) is 4.56. The summed E-state index contributed by atoms with van der Waals surface area (Å²) in [5.74, 6) is -0.0272. The van der Waals surface area contributed by atoms with Gasteiger partial charge in [0.05, 0.1) is 6.42 Å². The fourth-order valence-corrected chi connectivity index (χ4v) is 3.07. The van der Waals surface area contributed by atoms with Crippen molar-refractivity contribution in [2.45, 2.75) is 25.8 Å². The highest BCUT2D eigenvalue weighted by atomic mass is 35.5. The lowest BCUT2D eigenvalue weighted by Gasteiger charge is -2.12. The highest BCUT2D eigenvalue weighted by Gasteiger charge is 2.11. The van der Waals surface area contributed by atoms with Crippen LogP contribution in [0.2, 0.25) is 5.02 Å². The topological polar surface area (TPSA) is 49.3 Å². The number of amides is 1. The third-order valence-electron chi connectivity index (χ3n) is 2.94. The number of rotatable bonds is 5. The van der Waals surface area contributed by atoms with Gasteiger partial charge in [-0.25, -0.2) is 0 Å². The molecular formula is C14H16ClNO2S. The van der Waals surface area contributed by atoms with E-state index in [1.54, 1.807) is 11.3 Å². The molecule has 1 unspecified atom stereocenters. The van der Waals surface area contributed by atoms with Crippen LogP contribution < -0.4 is 5.32 Å². The molecule has 2 rings (SSSR count). The van der Waals surface area contributed by atoms with Crippen LogP contribution in [0.5, 0.6) is 0 Å². The molecule has 2 N–H and O–H groups in total. The van der Waals surface area contributed by atoms with Crippen molar-refractivity contribution in [2.24, 2.45) is 0 Å². The molecule has 0 aliphatic carbocycles. The van der Waals surface area contributed by atoms with Crippen LogP contribution in [0, 0.1) is 0 Å². The molecule has 0 saturated carbocycles. The SMILES string of the molecule is CC(CCO)NC(=O)Cc1csc2ccc(Cl)cc12. The number of hydrogen-bond acceptors (Lipinski definition) is 3. The molecule has 5 heteroatoms. The minimum absolute atomic E-state index is 0.00834. The summed E-state index contributed by atoms with van der Waals surface area (Å²) in [4.78, 5) is 11.9. The van der Waals surface area contributed by atoms with Crippen LogP contribution in [-0.4, -0.2) is 23.7 Å². The molecule has 1 aromatic heterocycles.